The zero-order chi connectivity index (χ0) is 19.2. The van der Waals surface area contributed by atoms with Crippen LogP contribution >= 0.6 is 0 Å². The molecule has 0 unspecified atom stereocenters. The van der Waals surface area contributed by atoms with Gasteiger partial charge in [-0.3, -0.25) is 9.59 Å². The van der Waals surface area contributed by atoms with Gasteiger partial charge in [0.05, 0.1) is 11.4 Å². The Morgan fingerprint density at radius 3 is 2.48 bits per heavy atom. The lowest BCUT2D eigenvalue weighted by Gasteiger charge is -2.21. The standard InChI is InChI=1S/C22H27N3O2/c1-24(2)20(22(27)18-11-7-4-8-12-18)15-19-13-14-21(26)25(23-19)16-17-9-5-3-6-10-17/h4,7-8,11-15,17H,3,5-6,9-10,16H2,1-2H3. The maximum absolute atomic E-state index is 12.9. The fourth-order valence-electron chi connectivity index (χ4n) is 3.56. The first-order valence-electron chi connectivity index (χ1n) is 9.61. The van der Waals surface area contributed by atoms with E-state index in [2.05, 4.69) is 5.10 Å². The van der Waals surface area contributed by atoms with Gasteiger partial charge in [0.2, 0.25) is 5.78 Å². The van der Waals surface area contributed by atoms with E-state index in [4.69, 9.17) is 0 Å². The summed E-state index contributed by atoms with van der Waals surface area (Å²) in [7, 11) is 3.68. The van der Waals surface area contributed by atoms with E-state index < -0.39 is 0 Å². The van der Waals surface area contributed by atoms with Crippen molar-refractivity contribution in [3.8, 4) is 0 Å². The van der Waals surface area contributed by atoms with Gasteiger partial charge in [-0.25, -0.2) is 4.68 Å². The molecule has 5 nitrogen and oxygen atoms in total. The number of ketones is 1. The molecule has 5 heteroatoms. The lowest BCUT2D eigenvalue weighted by atomic mass is 9.89. The molecular weight excluding hydrogens is 338 g/mol. The SMILES string of the molecule is CN(C)C(=Cc1ccc(=O)n(CC2CCCCC2)n1)C(=O)c1ccccc1. The largest absolute Gasteiger partial charge is 0.374 e. The van der Waals surface area contributed by atoms with Gasteiger partial charge in [0.25, 0.3) is 5.56 Å². The Hall–Kier alpha value is -2.69. The van der Waals surface area contributed by atoms with Gasteiger partial charge in [-0.1, -0.05) is 49.6 Å². The van der Waals surface area contributed by atoms with Crippen molar-refractivity contribution < 1.29 is 4.79 Å². The van der Waals surface area contributed by atoms with E-state index in [0.717, 1.165) is 12.8 Å². The molecule has 0 N–H and O–H groups in total. The molecule has 2 aromatic rings. The number of carbonyl (C=O) groups is 1. The second kappa shape index (κ2) is 8.80. The third-order valence-corrected chi connectivity index (χ3v) is 5.08. The molecule has 1 aliphatic rings. The smallest absolute Gasteiger partial charge is 0.266 e. The van der Waals surface area contributed by atoms with Crippen LogP contribution in [0.1, 0.15) is 48.2 Å². The van der Waals surface area contributed by atoms with E-state index in [0.29, 0.717) is 29.4 Å². The Kier molecular flexibility index (Phi) is 6.22. The number of benzene rings is 1. The summed E-state index contributed by atoms with van der Waals surface area (Å²) in [6, 6.07) is 12.4. The molecule has 0 spiro atoms. The molecule has 1 saturated carbocycles. The zero-order valence-electron chi connectivity index (χ0n) is 16.1. The van der Waals surface area contributed by atoms with Crippen LogP contribution in [0.3, 0.4) is 0 Å². The minimum Gasteiger partial charge on any atom is -0.374 e. The van der Waals surface area contributed by atoms with E-state index >= 15 is 0 Å². The minimum atomic E-state index is -0.0847. The van der Waals surface area contributed by atoms with Crippen molar-refractivity contribution in [2.45, 2.75) is 38.6 Å². The lowest BCUT2D eigenvalue weighted by molar-refractivity contribution is 0.101. The van der Waals surface area contributed by atoms with Crippen molar-refractivity contribution in [1.29, 1.82) is 0 Å². The van der Waals surface area contributed by atoms with Gasteiger partial charge >= 0.3 is 0 Å². The number of nitrogens with zero attached hydrogens (tertiary/aromatic N) is 3. The highest BCUT2D eigenvalue weighted by molar-refractivity contribution is 6.10. The quantitative estimate of drug-likeness (QED) is 0.580. The summed E-state index contributed by atoms with van der Waals surface area (Å²) >= 11 is 0. The molecule has 3 rings (SSSR count). The molecule has 0 radical (unpaired) electrons. The van der Waals surface area contributed by atoms with Crippen molar-refractivity contribution in [3.63, 3.8) is 0 Å². The summed E-state index contributed by atoms with van der Waals surface area (Å²) in [5.74, 6) is 0.454. The molecule has 1 aromatic carbocycles. The van der Waals surface area contributed by atoms with E-state index in [1.165, 1.54) is 19.3 Å². The molecule has 0 aliphatic heterocycles. The fourth-order valence-corrected chi connectivity index (χ4v) is 3.56. The van der Waals surface area contributed by atoms with E-state index in [1.807, 2.05) is 32.3 Å². The molecule has 0 atom stereocenters. The van der Waals surface area contributed by atoms with Crippen LogP contribution in [0.25, 0.3) is 6.08 Å². The van der Waals surface area contributed by atoms with Crippen LogP contribution in [-0.4, -0.2) is 34.6 Å². The average molecular weight is 365 g/mol. The van der Waals surface area contributed by atoms with Crippen molar-refractivity contribution >= 4 is 11.9 Å². The molecule has 1 aromatic heterocycles. The maximum Gasteiger partial charge on any atom is 0.266 e. The fraction of sp³-hybridized carbons (Fsp3) is 0.409. The molecule has 142 valence electrons. The summed E-state index contributed by atoms with van der Waals surface area (Å²) in [5.41, 5.74) is 1.71. The Bertz CT molecular complexity index is 863. The highest BCUT2D eigenvalue weighted by atomic mass is 16.1. The summed E-state index contributed by atoms with van der Waals surface area (Å²) in [6.07, 6.45) is 7.82. The van der Waals surface area contributed by atoms with Gasteiger partial charge in [0.1, 0.15) is 0 Å². The van der Waals surface area contributed by atoms with Gasteiger partial charge < -0.3 is 4.90 Å². The molecule has 0 amide bonds. The van der Waals surface area contributed by atoms with Crippen LogP contribution in [0.15, 0.2) is 53.0 Å². The number of carbonyl (C=O) groups excluding carboxylic acids is 1. The van der Waals surface area contributed by atoms with Crippen molar-refractivity contribution in [2.24, 2.45) is 5.92 Å². The first-order valence-corrected chi connectivity index (χ1v) is 9.61. The van der Waals surface area contributed by atoms with E-state index in [9.17, 15) is 9.59 Å². The topological polar surface area (TPSA) is 55.2 Å². The normalized spacial score (nSPS) is 15.6. The molecule has 0 bridgehead atoms. The summed E-state index contributed by atoms with van der Waals surface area (Å²) < 4.78 is 1.56. The molecule has 27 heavy (non-hydrogen) atoms. The Morgan fingerprint density at radius 1 is 1.11 bits per heavy atom. The van der Waals surface area contributed by atoms with E-state index in [-0.39, 0.29) is 11.3 Å². The Balaban J connectivity index is 1.88. The molecule has 0 saturated heterocycles. The van der Waals surface area contributed by atoms with Crippen LogP contribution < -0.4 is 5.56 Å². The number of aromatic nitrogens is 2. The second-order valence-corrected chi connectivity index (χ2v) is 7.40. The van der Waals surface area contributed by atoms with Gasteiger partial charge in [0.15, 0.2) is 0 Å². The number of hydrogen-bond acceptors (Lipinski definition) is 4. The van der Waals surface area contributed by atoms with Crippen molar-refractivity contribution in [2.75, 3.05) is 14.1 Å². The summed E-state index contributed by atoms with van der Waals surface area (Å²) in [4.78, 5) is 26.9. The average Bonchev–Trinajstić information content (AvgIpc) is 2.69. The lowest BCUT2D eigenvalue weighted by Crippen LogP contribution is -2.27. The number of Topliss-reactive ketones (excluding diaryl/α,β-unsaturated/α-hetero) is 1. The van der Waals surface area contributed by atoms with E-state index in [1.54, 1.807) is 39.9 Å². The third kappa shape index (κ3) is 4.94. The predicted molar refractivity (Wildman–Crippen MR) is 108 cm³/mol. The molecular formula is C22H27N3O2. The highest BCUT2D eigenvalue weighted by Gasteiger charge is 2.17. The third-order valence-electron chi connectivity index (χ3n) is 5.08. The van der Waals surface area contributed by atoms with Crippen LogP contribution in [0.4, 0.5) is 0 Å². The monoisotopic (exact) mass is 365 g/mol. The van der Waals surface area contributed by atoms with Crippen molar-refractivity contribution in [1.82, 2.24) is 14.7 Å². The Labute approximate surface area is 160 Å². The summed E-state index contributed by atoms with van der Waals surface area (Å²) in [6.45, 7) is 0.657. The minimum absolute atomic E-state index is 0.0626. The summed E-state index contributed by atoms with van der Waals surface area (Å²) in [5, 5.41) is 4.51. The van der Waals surface area contributed by atoms with Crippen LogP contribution in [0, 0.1) is 5.92 Å². The number of hydrogen-bond donors (Lipinski definition) is 0. The van der Waals surface area contributed by atoms with Crippen molar-refractivity contribution in [3.05, 3.63) is 69.8 Å². The van der Waals surface area contributed by atoms with Gasteiger partial charge in [-0.05, 0) is 30.9 Å². The Morgan fingerprint density at radius 2 is 1.81 bits per heavy atom. The first-order chi connectivity index (χ1) is 13.0. The maximum atomic E-state index is 12.9. The number of allylic oxidation sites excluding steroid dienone is 1. The molecule has 1 aliphatic carbocycles. The number of likely N-dealkylation sites (N-methyl/N-ethyl adjacent to an activating group) is 1. The van der Waals surface area contributed by atoms with Crippen LogP contribution in [0.2, 0.25) is 0 Å². The van der Waals surface area contributed by atoms with Crippen LogP contribution in [-0.2, 0) is 6.54 Å². The second-order valence-electron chi connectivity index (χ2n) is 7.40. The zero-order valence-corrected chi connectivity index (χ0v) is 16.1. The molecule has 1 fully saturated rings. The first kappa shape index (κ1) is 19.1. The number of rotatable bonds is 6. The van der Waals surface area contributed by atoms with Crippen LogP contribution in [0.5, 0.6) is 0 Å². The predicted octanol–water partition coefficient (Wildman–Crippen LogP) is 3.61. The van der Waals surface area contributed by atoms with Gasteiger partial charge in [-0.15, -0.1) is 0 Å². The van der Waals surface area contributed by atoms with Gasteiger partial charge in [0, 0.05) is 32.3 Å². The molecule has 1 heterocycles. The highest BCUT2D eigenvalue weighted by Crippen LogP contribution is 2.24. The van der Waals surface area contributed by atoms with Gasteiger partial charge in [-0.2, -0.15) is 5.10 Å².